The van der Waals surface area contributed by atoms with Gasteiger partial charge in [0, 0.05) is 0 Å². The Morgan fingerprint density at radius 2 is 1.00 bits per heavy atom. The predicted octanol–water partition coefficient (Wildman–Crippen LogP) is 3.99. The Kier molecular flexibility index (Phi) is 7.29. The minimum Gasteiger partial charge on any atom is -0.452 e. The minimum atomic E-state index is -2.10. The summed E-state index contributed by atoms with van der Waals surface area (Å²) in [6.07, 6.45) is -6.44. The maximum atomic E-state index is 14.8. The fraction of sp³-hybridized carbons (Fsp3) is 0.192. The first-order valence-electron chi connectivity index (χ1n) is 10.6. The van der Waals surface area contributed by atoms with Gasteiger partial charge in [-0.15, -0.1) is 0 Å². The highest BCUT2D eigenvalue weighted by Crippen LogP contribution is 2.27. The van der Waals surface area contributed by atoms with E-state index in [0.717, 1.165) is 0 Å². The van der Waals surface area contributed by atoms with Gasteiger partial charge in [-0.1, -0.05) is 54.6 Å². The van der Waals surface area contributed by atoms with Crippen molar-refractivity contribution >= 4 is 17.9 Å². The molecule has 0 amide bonds. The lowest BCUT2D eigenvalue weighted by atomic mass is 10.0. The number of esters is 3. The Hall–Kier alpha value is -4.04. The van der Waals surface area contributed by atoms with Gasteiger partial charge in [0.15, 0.2) is 18.3 Å². The number of carbonyl (C=O) groups is 3. The van der Waals surface area contributed by atoms with Gasteiger partial charge in [0.25, 0.3) is 0 Å². The topological polar surface area (TPSA) is 88.1 Å². The minimum absolute atomic E-state index is 0.172. The van der Waals surface area contributed by atoms with E-state index < -0.39 is 49.2 Å². The third-order valence-corrected chi connectivity index (χ3v) is 5.14. The second-order valence-corrected chi connectivity index (χ2v) is 7.47. The zero-order valence-electron chi connectivity index (χ0n) is 17.9. The molecule has 4 rings (SSSR count). The Morgan fingerprint density at radius 3 is 1.44 bits per heavy atom. The molecule has 1 aliphatic heterocycles. The summed E-state index contributed by atoms with van der Waals surface area (Å²) in [6, 6.07) is 24.1. The number of halogens is 1. The fourth-order valence-corrected chi connectivity index (χ4v) is 3.41. The number of hydrogen-bond acceptors (Lipinski definition) is 7. The van der Waals surface area contributed by atoms with Crippen molar-refractivity contribution in [3.05, 3.63) is 108 Å². The molecule has 3 aromatic carbocycles. The van der Waals surface area contributed by atoms with Gasteiger partial charge in [0.1, 0.15) is 0 Å². The zero-order valence-corrected chi connectivity index (χ0v) is 17.9. The molecule has 7 nitrogen and oxygen atoms in total. The highest BCUT2D eigenvalue weighted by molar-refractivity contribution is 5.91. The molecule has 34 heavy (non-hydrogen) atoms. The van der Waals surface area contributed by atoms with E-state index in [4.69, 9.17) is 18.9 Å². The van der Waals surface area contributed by atoms with Crippen molar-refractivity contribution in [1.82, 2.24) is 0 Å². The van der Waals surface area contributed by atoms with Crippen molar-refractivity contribution in [2.45, 2.75) is 24.7 Å². The Morgan fingerprint density at radius 1 is 0.618 bits per heavy atom. The van der Waals surface area contributed by atoms with Crippen LogP contribution in [0, 0.1) is 0 Å². The van der Waals surface area contributed by atoms with Crippen molar-refractivity contribution in [3.63, 3.8) is 0 Å². The average molecular weight is 464 g/mol. The van der Waals surface area contributed by atoms with E-state index in [1.807, 2.05) is 0 Å². The van der Waals surface area contributed by atoms with Crippen LogP contribution in [-0.4, -0.2) is 49.2 Å². The number of hydrogen-bond donors (Lipinski definition) is 0. The van der Waals surface area contributed by atoms with Crippen LogP contribution in [0.3, 0.4) is 0 Å². The van der Waals surface area contributed by atoms with Crippen LogP contribution in [0.2, 0.25) is 0 Å². The first kappa shape index (κ1) is 23.1. The van der Waals surface area contributed by atoms with E-state index in [2.05, 4.69) is 0 Å². The summed E-state index contributed by atoms with van der Waals surface area (Å²) in [6.45, 7) is -0.397. The lowest BCUT2D eigenvalue weighted by Crippen LogP contribution is -2.56. The summed E-state index contributed by atoms with van der Waals surface area (Å²) in [5.41, 5.74) is 0.618. The summed E-state index contributed by atoms with van der Waals surface area (Å²) in [5.74, 6) is -2.35. The molecular formula is C26H21FO7. The highest BCUT2D eigenvalue weighted by Gasteiger charge is 2.48. The molecule has 1 fully saturated rings. The summed E-state index contributed by atoms with van der Waals surface area (Å²) in [4.78, 5) is 38.0. The molecule has 0 spiro atoms. The Labute approximate surface area is 195 Å². The number of carbonyl (C=O) groups excluding carboxylic acids is 3. The van der Waals surface area contributed by atoms with Gasteiger partial charge in [-0.2, -0.15) is 0 Å². The standard InChI is InChI=1S/C26H21FO7/c27-23-22(34-26(30)19-14-8-3-9-15-19)21(33-25(29)18-12-6-2-7-13-18)20(16-31-23)32-24(28)17-10-4-1-5-11-17/h1-15,20-23H,16H2/t20-,21+,22+,23-/m0/s1. The van der Waals surface area contributed by atoms with Gasteiger partial charge in [-0.05, 0) is 36.4 Å². The normalized spacial score (nSPS) is 21.8. The summed E-state index contributed by atoms with van der Waals surface area (Å²) < 4.78 is 36.3. The van der Waals surface area contributed by atoms with Crippen LogP contribution in [-0.2, 0) is 18.9 Å². The second-order valence-electron chi connectivity index (χ2n) is 7.47. The first-order chi connectivity index (χ1) is 16.5. The van der Waals surface area contributed by atoms with Crippen LogP contribution in [0.1, 0.15) is 31.1 Å². The van der Waals surface area contributed by atoms with E-state index in [1.165, 1.54) is 24.3 Å². The summed E-state index contributed by atoms with van der Waals surface area (Å²) >= 11 is 0. The lowest BCUT2D eigenvalue weighted by molar-refractivity contribution is -0.225. The maximum absolute atomic E-state index is 14.8. The van der Waals surface area contributed by atoms with Crippen LogP contribution < -0.4 is 0 Å². The van der Waals surface area contributed by atoms with E-state index in [1.54, 1.807) is 66.7 Å². The van der Waals surface area contributed by atoms with Crippen LogP contribution in [0.4, 0.5) is 4.39 Å². The second kappa shape index (κ2) is 10.7. The molecule has 0 saturated carbocycles. The van der Waals surface area contributed by atoms with Crippen molar-refractivity contribution in [1.29, 1.82) is 0 Å². The molecule has 1 aliphatic rings. The quantitative estimate of drug-likeness (QED) is 0.403. The van der Waals surface area contributed by atoms with Gasteiger partial charge >= 0.3 is 17.9 Å². The van der Waals surface area contributed by atoms with E-state index >= 15 is 0 Å². The first-order valence-corrected chi connectivity index (χ1v) is 10.6. The monoisotopic (exact) mass is 464 g/mol. The fourth-order valence-electron chi connectivity index (χ4n) is 3.41. The molecule has 0 radical (unpaired) electrons. The molecule has 0 aromatic heterocycles. The molecule has 0 aliphatic carbocycles. The lowest BCUT2D eigenvalue weighted by Gasteiger charge is -2.37. The maximum Gasteiger partial charge on any atom is 0.338 e. The van der Waals surface area contributed by atoms with Crippen molar-refractivity contribution < 1.29 is 37.7 Å². The number of alkyl halides is 1. The molecule has 1 heterocycles. The molecule has 0 N–H and O–H groups in total. The zero-order chi connectivity index (χ0) is 23.9. The van der Waals surface area contributed by atoms with E-state index in [9.17, 15) is 18.8 Å². The van der Waals surface area contributed by atoms with E-state index in [-0.39, 0.29) is 16.7 Å². The summed E-state index contributed by atoms with van der Waals surface area (Å²) in [7, 11) is 0. The number of rotatable bonds is 6. The molecule has 0 bridgehead atoms. The average Bonchev–Trinajstić information content (AvgIpc) is 2.89. The van der Waals surface area contributed by atoms with Gasteiger partial charge < -0.3 is 18.9 Å². The van der Waals surface area contributed by atoms with Crippen molar-refractivity contribution in [3.8, 4) is 0 Å². The number of ether oxygens (including phenoxy) is 4. The highest BCUT2D eigenvalue weighted by atomic mass is 19.1. The van der Waals surface area contributed by atoms with Gasteiger partial charge in [0.2, 0.25) is 6.36 Å². The SMILES string of the molecule is O=C(O[C@@H]1[C@H](OC(=O)c2ccccc2)[C@@H](OC(=O)c2ccccc2)CO[C@@H]1F)c1ccccc1. The smallest absolute Gasteiger partial charge is 0.338 e. The van der Waals surface area contributed by atoms with Crippen LogP contribution in [0.5, 0.6) is 0 Å². The Balaban J connectivity index is 1.59. The molecule has 0 unspecified atom stereocenters. The third-order valence-electron chi connectivity index (χ3n) is 5.14. The van der Waals surface area contributed by atoms with Crippen LogP contribution in [0.15, 0.2) is 91.0 Å². The van der Waals surface area contributed by atoms with Gasteiger partial charge in [0.05, 0.1) is 23.3 Å². The number of benzene rings is 3. The van der Waals surface area contributed by atoms with E-state index in [0.29, 0.717) is 0 Å². The molecule has 8 heteroatoms. The van der Waals surface area contributed by atoms with Crippen LogP contribution in [0.25, 0.3) is 0 Å². The Bertz CT molecular complexity index is 1120. The van der Waals surface area contributed by atoms with Crippen molar-refractivity contribution in [2.24, 2.45) is 0 Å². The third kappa shape index (κ3) is 5.47. The van der Waals surface area contributed by atoms with Gasteiger partial charge in [-0.3, -0.25) is 0 Å². The van der Waals surface area contributed by atoms with Crippen LogP contribution >= 0.6 is 0 Å². The molecule has 4 atom stereocenters. The largest absolute Gasteiger partial charge is 0.452 e. The van der Waals surface area contributed by atoms with Gasteiger partial charge in [-0.25, -0.2) is 18.8 Å². The van der Waals surface area contributed by atoms with Crippen molar-refractivity contribution in [2.75, 3.05) is 6.61 Å². The molecule has 3 aromatic rings. The summed E-state index contributed by atoms with van der Waals surface area (Å²) in [5, 5.41) is 0. The molecular weight excluding hydrogens is 443 g/mol. The molecule has 174 valence electrons. The predicted molar refractivity (Wildman–Crippen MR) is 118 cm³/mol. The molecule has 1 saturated heterocycles.